The standard InChI is InChI=1S/C16H21Cl2NO2/c1-12-3-2-7-19(8-6-12)9-10-21-16(20)14-5-4-13(17)11-15(14)18/h4-5,11-12H,2-3,6-10H2,1H3/t12-/m1/s1. The molecule has 1 aliphatic heterocycles. The van der Waals surface area contributed by atoms with Gasteiger partial charge < -0.3 is 4.74 Å². The number of carbonyl (C=O) groups excluding carboxylic acids is 1. The number of halogens is 2. The summed E-state index contributed by atoms with van der Waals surface area (Å²) in [5.74, 6) is 0.408. The van der Waals surface area contributed by atoms with E-state index in [-0.39, 0.29) is 5.97 Å². The summed E-state index contributed by atoms with van der Waals surface area (Å²) in [5.41, 5.74) is 0.366. The van der Waals surface area contributed by atoms with Crippen LogP contribution in [0, 0.1) is 5.92 Å². The zero-order valence-corrected chi connectivity index (χ0v) is 13.8. The molecule has 116 valence electrons. The van der Waals surface area contributed by atoms with Gasteiger partial charge >= 0.3 is 5.97 Å². The average Bonchev–Trinajstić information content (AvgIpc) is 2.63. The maximum absolute atomic E-state index is 12.0. The zero-order valence-electron chi connectivity index (χ0n) is 12.3. The highest BCUT2D eigenvalue weighted by Crippen LogP contribution is 2.21. The lowest BCUT2D eigenvalue weighted by atomic mass is 10.0. The third-order valence-electron chi connectivity index (χ3n) is 3.90. The van der Waals surface area contributed by atoms with Crippen molar-refractivity contribution in [2.75, 3.05) is 26.2 Å². The van der Waals surface area contributed by atoms with Crippen LogP contribution in [0.15, 0.2) is 18.2 Å². The van der Waals surface area contributed by atoms with Crippen molar-refractivity contribution in [3.63, 3.8) is 0 Å². The first-order valence-electron chi connectivity index (χ1n) is 7.41. The lowest BCUT2D eigenvalue weighted by molar-refractivity contribution is 0.0463. The Morgan fingerprint density at radius 3 is 2.90 bits per heavy atom. The molecule has 0 N–H and O–H groups in total. The first kappa shape index (κ1) is 16.6. The van der Waals surface area contributed by atoms with E-state index >= 15 is 0 Å². The van der Waals surface area contributed by atoms with Crippen LogP contribution in [-0.4, -0.2) is 37.1 Å². The van der Waals surface area contributed by atoms with Crippen molar-refractivity contribution in [1.29, 1.82) is 0 Å². The quantitative estimate of drug-likeness (QED) is 0.772. The molecule has 0 saturated carbocycles. The fourth-order valence-corrected chi connectivity index (χ4v) is 3.03. The molecule has 1 atom stereocenters. The molecule has 1 aromatic carbocycles. The third-order valence-corrected chi connectivity index (χ3v) is 4.45. The molecule has 2 rings (SSSR count). The van der Waals surface area contributed by atoms with Gasteiger partial charge in [0.25, 0.3) is 0 Å². The van der Waals surface area contributed by atoms with Crippen LogP contribution >= 0.6 is 23.2 Å². The molecule has 1 saturated heterocycles. The number of carbonyl (C=O) groups is 1. The van der Waals surface area contributed by atoms with Crippen LogP contribution in [0.1, 0.15) is 36.5 Å². The van der Waals surface area contributed by atoms with Crippen molar-refractivity contribution < 1.29 is 9.53 Å². The Labute approximate surface area is 136 Å². The average molecular weight is 330 g/mol. The molecule has 0 aliphatic carbocycles. The van der Waals surface area contributed by atoms with E-state index in [9.17, 15) is 4.79 Å². The molecule has 1 aliphatic rings. The Kier molecular flexibility index (Phi) is 6.34. The summed E-state index contributed by atoms with van der Waals surface area (Å²) in [4.78, 5) is 14.3. The molecule has 1 fully saturated rings. The van der Waals surface area contributed by atoms with Crippen molar-refractivity contribution in [2.24, 2.45) is 5.92 Å². The van der Waals surface area contributed by atoms with Crippen LogP contribution < -0.4 is 0 Å². The number of nitrogens with zero attached hydrogens (tertiary/aromatic N) is 1. The van der Waals surface area contributed by atoms with E-state index in [4.69, 9.17) is 27.9 Å². The van der Waals surface area contributed by atoms with Crippen LogP contribution in [0.2, 0.25) is 10.0 Å². The van der Waals surface area contributed by atoms with Gasteiger partial charge in [-0.2, -0.15) is 0 Å². The van der Waals surface area contributed by atoms with Gasteiger partial charge in [0, 0.05) is 11.6 Å². The van der Waals surface area contributed by atoms with E-state index in [0.717, 1.165) is 25.6 Å². The Morgan fingerprint density at radius 2 is 2.14 bits per heavy atom. The van der Waals surface area contributed by atoms with Gasteiger partial charge in [0.2, 0.25) is 0 Å². The highest BCUT2D eigenvalue weighted by molar-refractivity contribution is 6.36. The Morgan fingerprint density at radius 1 is 1.33 bits per heavy atom. The summed E-state index contributed by atoms with van der Waals surface area (Å²) in [6, 6.07) is 4.79. The van der Waals surface area contributed by atoms with Gasteiger partial charge in [-0.25, -0.2) is 4.79 Å². The minimum atomic E-state index is -0.389. The predicted molar refractivity (Wildman–Crippen MR) is 86.2 cm³/mol. The molecule has 0 spiro atoms. The molecule has 0 unspecified atom stereocenters. The van der Waals surface area contributed by atoms with Gasteiger partial charge in [-0.3, -0.25) is 4.90 Å². The third kappa shape index (κ3) is 5.17. The van der Waals surface area contributed by atoms with Gasteiger partial charge in [-0.1, -0.05) is 30.1 Å². The highest BCUT2D eigenvalue weighted by atomic mass is 35.5. The van der Waals surface area contributed by atoms with E-state index in [0.29, 0.717) is 22.2 Å². The molecular formula is C16H21Cl2NO2. The smallest absolute Gasteiger partial charge is 0.339 e. The molecule has 3 nitrogen and oxygen atoms in total. The van der Waals surface area contributed by atoms with Crippen LogP contribution in [-0.2, 0) is 4.74 Å². The van der Waals surface area contributed by atoms with Crippen molar-refractivity contribution in [2.45, 2.75) is 26.2 Å². The minimum absolute atomic E-state index is 0.330. The van der Waals surface area contributed by atoms with Crippen LogP contribution in [0.25, 0.3) is 0 Å². The summed E-state index contributed by atoms with van der Waals surface area (Å²) < 4.78 is 5.31. The fraction of sp³-hybridized carbons (Fsp3) is 0.562. The van der Waals surface area contributed by atoms with Crippen molar-refractivity contribution in [1.82, 2.24) is 4.90 Å². The number of esters is 1. The normalized spacial score (nSPS) is 20.0. The molecule has 0 radical (unpaired) electrons. The first-order valence-corrected chi connectivity index (χ1v) is 8.16. The SMILES string of the molecule is C[C@@H]1CCCN(CCOC(=O)c2ccc(Cl)cc2Cl)CC1. The maximum Gasteiger partial charge on any atom is 0.339 e. The second-order valence-corrected chi connectivity index (χ2v) is 6.48. The molecule has 0 amide bonds. The predicted octanol–water partition coefficient (Wildman–Crippen LogP) is 4.27. The van der Waals surface area contributed by atoms with Gasteiger partial charge in [0.15, 0.2) is 0 Å². The molecular weight excluding hydrogens is 309 g/mol. The van der Waals surface area contributed by atoms with Crippen LogP contribution in [0.4, 0.5) is 0 Å². The van der Waals surface area contributed by atoms with Gasteiger partial charge in [0.05, 0.1) is 10.6 Å². The Hall–Kier alpha value is -0.770. The van der Waals surface area contributed by atoms with E-state index in [1.807, 2.05) is 0 Å². The minimum Gasteiger partial charge on any atom is -0.461 e. The van der Waals surface area contributed by atoms with Crippen molar-refractivity contribution in [3.8, 4) is 0 Å². The number of ether oxygens (including phenoxy) is 1. The maximum atomic E-state index is 12.0. The van der Waals surface area contributed by atoms with E-state index < -0.39 is 0 Å². The lowest BCUT2D eigenvalue weighted by Crippen LogP contribution is -2.29. The highest BCUT2D eigenvalue weighted by Gasteiger charge is 2.15. The summed E-state index contributed by atoms with van der Waals surface area (Å²) in [7, 11) is 0. The topological polar surface area (TPSA) is 29.5 Å². The van der Waals surface area contributed by atoms with Gasteiger partial charge in [-0.15, -0.1) is 0 Å². The molecule has 1 heterocycles. The monoisotopic (exact) mass is 329 g/mol. The summed E-state index contributed by atoms with van der Waals surface area (Å²) in [6.45, 7) is 5.64. The van der Waals surface area contributed by atoms with E-state index in [1.165, 1.54) is 19.3 Å². The number of hydrogen-bond acceptors (Lipinski definition) is 3. The molecule has 0 bridgehead atoms. The second kappa shape index (κ2) is 8.02. The fourth-order valence-electron chi connectivity index (χ4n) is 2.55. The summed E-state index contributed by atoms with van der Waals surface area (Å²) in [6.07, 6.45) is 3.73. The molecule has 0 aromatic heterocycles. The zero-order chi connectivity index (χ0) is 15.2. The molecule has 21 heavy (non-hydrogen) atoms. The van der Waals surface area contributed by atoms with Crippen molar-refractivity contribution in [3.05, 3.63) is 33.8 Å². The number of rotatable bonds is 4. The largest absolute Gasteiger partial charge is 0.461 e. The second-order valence-electron chi connectivity index (χ2n) is 5.64. The number of benzene rings is 1. The molecule has 1 aromatic rings. The summed E-state index contributed by atoms with van der Waals surface area (Å²) in [5, 5.41) is 0.839. The van der Waals surface area contributed by atoms with Gasteiger partial charge in [-0.05, 0) is 56.5 Å². The van der Waals surface area contributed by atoms with Crippen molar-refractivity contribution >= 4 is 29.2 Å². The van der Waals surface area contributed by atoms with Crippen LogP contribution in [0.5, 0.6) is 0 Å². The molecule has 5 heteroatoms. The number of likely N-dealkylation sites (tertiary alicyclic amines) is 1. The Balaban J connectivity index is 1.78. The van der Waals surface area contributed by atoms with Gasteiger partial charge in [0.1, 0.15) is 6.61 Å². The van der Waals surface area contributed by atoms with E-state index in [2.05, 4.69) is 11.8 Å². The number of hydrogen-bond donors (Lipinski definition) is 0. The van der Waals surface area contributed by atoms with E-state index in [1.54, 1.807) is 18.2 Å². The first-order chi connectivity index (χ1) is 10.1. The Bertz CT molecular complexity index is 493. The summed E-state index contributed by atoms with van der Waals surface area (Å²) >= 11 is 11.8. The van der Waals surface area contributed by atoms with Crippen LogP contribution in [0.3, 0.4) is 0 Å². The lowest BCUT2D eigenvalue weighted by Gasteiger charge is -2.19.